The first kappa shape index (κ1) is 19.2. The zero-order valence-corrected chi connectivity index (χ0v) is 17.9. The number of benzene rings is 1. The second kappa shape index (κ2) is 8.09. The van der Waals surface area contributed by atoms with Gasteiger partial charge in [-0.25, -0.2) is 0 Å². The molecule has 5 nitrogen and oxygen atoms in total. The summed E-state index contributed by atoms with van der Waals surface area (Å²) in [5.74, 6) is 0.988. The van der Waals surface area contributed by atoms with E-state index in [4.69, 9.17) is 0 Å². The highest BCUT2D eigenvalue weighted by Gasteiger charge is 2.31. The first-order valence-electron chi connectivity index (χ1n) is 9.53. The molecule has 0 saturated heterocycles. The fourth-order valence-electron chi connectivity index (χ4n) is 3.22. The molecule has 2 aromatic heterocycles. The van der Waals surface area contributed by atoms with Gasteiger partial charge in [0.15, 0.2) is 5.16 Å². The van der Waals surface area contributed by atoms with Crippen molar-refractivity contribution in [3.05, 3.63) is 57.5 Å². The summed E-state index contributed by atoms with van der Waals surface area (Å²) in [6.45, 7) is 5.96. The van der Waals surface area contributed by atoms with Crippen molar-refractivity contribution in [1.82, 2.24) is 14.8 Å². The highest BCUT2D eigenvalue weighted by molar-refractivity contribution is 8.00. The van der Waals surface area contributed by atoms with Crippen LogP contribution in [0.3, 0.4) is 0 Å². The summed E-state index contributed by atoms with van der Waals surface area (Å²) in [4.78, 5) is 14.1. The van der Waals surface area contributed by atoms with Crippen LogP contribution in [0.2, 0.25) is 0 Å². The molecule has 28 heavy (non-hydrogen) atoms. The fourth-order valence-corrected chi connectivity index (χ4v) is 4.86. The van der Waals surface area contributed by atoms with Crippen LogP contribution in [0.1, 0.15) is 47.6 Å². The standard InChI is InChI=1S/C21H24N4OS2/c1-13-6-4-7-14(2)19(13)22-20(26)15(3)28-21-24-23-18(25(21)16-9-10-16)12-17-8-5-11-27-17/h4-8,11,15-16H,9-10,12H2,1-3H3,(H,22,26). The summed E-state index contributed by atoms with van der Waals surface area (Å²) in [5, 5.41) is 14.6. The van der Waals surface area contributed by atoms with E-state index in [-0.39, 0.29) is 11.2 Å². The third-order valence-electron chi connectivity index (χ3n) is 4.94. The van der Waals surface area contributed by atoms with E-state index in [2.05, 4.69) is 37.6 Å². The molecule has 1 N–H and O–H groups in total. The molecule has 1 unspecified atom stereocenters. The van der Waals surface area contributed by atoms with Crippen LogP contribution in [0, 0.1) is 13.8 Å². The number of aromatic nitrogens is 3. The Labute approximate surface area is 173 Å². The molecule has 0 bridgehead atoms. The second-order valence-corrected chi connectivity index (χ2v) is 9.61. The predicted molar refractivity (Wildman–Crippen MR) is 115 cm³/mol. The summed E-state index contributed by atoms with van der Waals surface area (Å²) >= 11 is 3.23. The van der Waals surface area contributed by atoms with E-state index in [1.54, 1.807) is 11.3 Å². The number of aryl methyl sites for hydroxylation is 2. The van der Waals surface area contributed by atoms with Crippen LogP contribution >= 0.6 is 23.1 Å². The zero-order valence-electron chi connectivity index (χ0n) is 16.3. The van der Waals surface area contributed by atoms with Crippen molar-refractivity contribution in [2.24, 2.45) is 0 Å². The Morgan fingerprint density at radius 3 is 2.64 bits per heavy atom. The normalized spacial score (nSPS) is 14.8. The van der Waals surface area contributed by atoms with Crippen molar-refractivity contribution in [2.45, 2.75) is 56.5 Å². The lowest BCUT2D eigenvalue weighted by Crippen LogP contribution is -2.24. The highest BCUT2D eigenvalue weighted by atomic mass is 32.2. The van der Waals surface area contributed by atoms with Crippen LogP contribution in [0.5, 0.6) is 0 Å². The molecule has 0 aliphatic heterocycles. The van der Waals surface area contributed by atoms with Crippen molar-refractivity contribution in [2.75, 3.05) is 5.32 Å². The van der Waals surface area contributed by atoms with Crippen molar-refractivity contribution in [1.29, 1.82) is 0 Å². The maximum atomic E-state index is 12.8. The van der Waals surface area contributed by atoms with Gasteiger partial charge in [-0.3, -0.25) is 4.79 Å². The molecule has 1 amide bonds. The summed E-state index contributed by atoms with van der Waals surface area (Å²) < 4.78 is 2.24. The van der Waals surface area contributed by atoms with Crippen LogP contribution in [0.4, 0.5) is 5.69 Å². The van der Waals surface area contributed by atoms with E-state index in [1.807, 2.05) is 39.0 Å². The lowest BCUT2D eigenvalue weighted by Gasteiger charge is -2.16. The third-order valence-corrected chi connectivity index (χ3v) is 6.87. The molecular weight excluding hydrogens is 388 g/mol. The smallest absolute Gasteiger partial charge is 0.237 e. The van der Waals surface area contributed by atoms with Gasteiger partial charge >= 0.3 is 0 Å². The Hall–Kier alpha value is -2.12. The summed E-state index contributed by atoms with van der Waals surface area (Å²) in [6.07, 6.45) is 3.11. The number of nitrogens with one attached hydrogen (secondary N) is 1. The molecule has 4 rings (SSSR count). The topological polar surface area (TPSA) is 59.8 Å². The van der Waals surface area contributed by atoms with Crippen LogP contribution < -0.4 is 5.32 Å². The number of carbonyl (C=O) groups is 1. The van der Waals surface area contributed by atoms with Gasteiger partial charge in [-0.15, -0.1) is 21.5 Å². The van der Waals surface area contributed by atoms with E-state index < -0.39 is 0 Å². The SMILES string of the molecule is Cc1cccc(C)c1NC(=O)C(C)Sc1nnc(Cc2cccs2)n1C1CC1. The molecule has 3 aromatic rings. The molecule has 1 fully saturated rings. The molecule has 146 valence electrons. The minimum Gasteiger partial charge on any atom is -0.325 e. The van der Waals surface area contributed by atoms with Crippen molar-refractivity contribution >= 4 is 34.7 Å². The van der Waals surface area contributed by atoms with Gasteiger partial charge < -0.3 is 9.88 Å². The lowest BCUT2D eigenvalue weighted by atomic mass is 10.1. The van der Waals surface area contributed by atoms with E-state index in [0.29, 0.717) is 6.04 Å². The van der Waals surface area contributed by atoms with Gasteiger partial charge in [0.1, 0.15) is 5.82 Å². The summed E-state index contributed by atoms with van der Waals surface area (Å²) in [7, 11) is 0. The zero-order chi connectivity index (χ0) is 19.7. The number of thioether (sulfide) groups is 1. The number of nitrogens with zero attached hydrogens (tertiary/aromatic N) is 3. The summed E-state index contributed by atoms with van der Waals surface area (Å²) in [6, 6.07) is 10.7. The number of anilines is 1. The van der Waals surface area contributed by atoms with Gasteiger partial charge in [0, 0.05) is 23.0 Å². The second-order valence-electron chi connectivity index (χ2n) is 7.27. The minimum atomic E-state index is -0.254. The predicted octanol–water partition coefficient (Wildman–Crippen LogP) is 5.00. The first-order valence-corrected chi connectivity index (χ1v) is 11.3. The molecular formula is C21H24N4OS2. The molecule has 7 heteroatoms. The maximum absolute atomic E-state index is 12.8. The molecule has 0 radical (unpaired) electrons. The summed E-state index contributed by atoms with van der Waals surface area (Å²) in [5.41, 5.74) is 3.05. The Morgan fingerprint density at radius 2 is 2.00 bits per heavy atom. The monoisotopic (exact) mass is 412 g/mol. The van der Waals surface area contributed by atoms with Gasteiger partial charge in [-0.2, -0.15) is 0 Å². The van der Waals surface area contributed by atoms with Crippen LogP contribution in [0.25, 0.3) is 0 Å². The minimum absolute atomic E-state index is 0.00689. The van der Waals surface area contributed by atoms with Gasteiger partial charge in [-0.05, 0) is 56.2 Å². The van der Waals surface area contributed by atoms with Gasteiger partial charge in [0.2, 0.25) is 5.91 Å². The van der Waals surface area contributed by atoms with Crippen LogP contribution in [0.15, 0.2) is 40.9 Å². The van der Waals surface area contributed by atoms with E-state index in [0.717, 1.165) is 47.1 Å². The maximum Gasteiger partial charge on any atom is 0.237 e. The Kier molecular flexibility index (Phi) is 5.55. The average Bonchev–Trinajstić information content (AvgIpc) is 3.22. The molecule has 1 aliphatic carbocycles. The Balaban J connectivity index is 1.49. The third kappa shape index (κ3) is 4.15. The van der Waals surface area contributed by atoms with E-state index >= 15 is 0 Å². The largest absolute Gasteiger partial charge is 0.325 e. The van der Waals surface area contributed by atoms with E-state index in [9.17, 15) is 4.79 Å². The number of rotatable bonds is 7. The van der Waals surface area contributed by atoms with Gasteiger partial charge in [0.05, 0.1) is 5.25 Å². The Bertz CT molecular complexity index is 956. The number of hydrogen-bond donors (Lipinski definition) is 1. The fraction of sp³-hybridized carbons (Fsp3) is 0.381. The quantitative estimate of drug-likeness (QED) is 0.555. The number of carbonyl (C=O) groups excluding carboxylic acids is 1. The Morgan fingerprint density at radius 1 is 1.25 bits per heavy atom. The van der Waals surface area contributed by atoms with Crippen molar-refractivity contribution < 1.29 is 4.79 Å². The molecule has 1 aromatic carbocycles. The number of thiophene rings is 1. The molecule has 1 saturated carbocycles. The molecule has 2 heterocycles. The van der Waals surface area contributed by atoms with Crippen LogP contribution in [-0.2, 0) is 11.2 Å². The van der Waals surface area contributed by atoms with Crippen LogP contribution in [-0.4, -0.2) is 25.9 Å². The van der Waals surface area contributed by atoms with Gasteiger partial charge in [0.25, 0.3) is 0 Å². The van der Waals surface area contributed by atoms with Crippen molar-refractivity contribution in [3.63, 3.8) is 0 Å². The molecule has 1 aliphatic rings. The first-order chi connectivity index (χ1) is 13.5. The number of para-hydroxylation sites is 1. The lowest BCUT2D eigenvalue weighted by molar-refractivity contribution is -0.115. The molecule has 0 spiro atoms. The van der Waals surface area contributed by atoms with E-state index in [1.165, 1.54) is 16.6 Å². The number of hydrogen-bond acceptors (Lipinski definition) is 5. The number of amides is 1. The van der Waals surface area contributed by atoms with Crippen molar-refractivity contribution in [3.8, 4) is 0 Å². The average molecular weight is 413 g/mol. The van der Waals surface area contributed by atoms with Gasteiger partial charge in [-0.1, -0.05) is 36.0 Å². The molecule has 1 atom stereocenters. The highest BCUT2D eigenvalue weighted by Crippen LogP contribution is 2.40.